The first-order valence-electron chi connectivity index (χ1n) is 9.76. The van der Waals surface area contributed by atoms with Gasteiger partial charge in [0.15, 0.2) is 5.78 Å². The number of nitrogens with zero attached hydrogens (tertiary/aromatic N) is 3. The number of carbonyl (C=O) groups is 1. The molecule has 0 unspecified atom stereocenters. The molecule has 4 rings (SSSR count). The molecule has 2 heterocycles. The van der Waals surface area contributed by atoms with Crippen LogP contribution in [0.4, 0.5) is 17.5 Å². The lowest BCUT2D eigenvalue weighted by atomic mass is 9.91. The largest absolute Gasteiger partial charge is 0.350 e. The SMILES string of the molecule is CC(=O)c1cnc(N[C@@H]2CCCC[C@@H]2N)nc1Nc1ccc(-c2cscn2)cc1. The van der Waals surface area contributed by atoms with E-state index in [0.29, 0.717) is 17.3 Å². The first kappa shape index (κ1) is 19.5. The van der Waals surface area contributed by atoms with Crippen molar-refractivity contribution in [3.63, 3.8) is 0 Å². The summed E-state index contributed by atoms with van der Waals surface area (Å²) < 4.78 is 0. The molecule has 0 spiro atoms. The van der Waals surface area contributed by atoms with Crippen molar-refractivity contribution in [2.75, 3.05) is 10.6 Å². The molecule has 2 atom stereocenters. The fourth-order valence-electron chi connectivity index (χ4n) is 3.53. The molecule has 1 aliphatic rings. The fourth-order valence-corrected chi connectivity index (χ4v) is 4.09. The predicted molar refractivity (Wildman–Crippen MR) is 117 cm³/mol. The first-order chi connectivity index (χ1) is 14.1. The summed E-state index contributed by atoms with van der Waals surface area (Å²) in [4.78, 5) is 25.3. The van der Waals surface area contributed by atoms with Crippen molar-refractivity contribution >= 4 is 34.6 Å². The molecule has 1 fully saturated rings. The Bertz CT molecular complexity index is 973. The molecule has 1 saturated carbocycles. The minimum absolute atomic E-state index is 0.0903. The summed E-state index contributed by atoms with van der Waals surface area (Å²) in [5.41, 5.74) is 11.3. The second-order valence-electron chi connectivity index (χ2n) is 7.29. The van der Waals surface area contributed by atoms with E-state index in [-0.39, 0.29) is 17.9 Å². The summed E-state index contributed by atoms with van der Waals surface area (Å²) in [6.07, 6.45) is 5.87. The Labute approximate surface area is 173 Å². The fraction of sp³-hybridized carbons (Fsp3) is 0.333. The van der Waals surface area contributed by atoms with Crippen molar-refractivity contribution < 1.29 is 4.79 Å². The van der Waals surface area contributed by atoms with Crippen LogP contribution in [0.2, 0.25) is 0 Å². The molecule has 7 nitrogen and oxygen atoms in total. The van der Waals surface area contributed by atoms with E-state index < -0.39 is 0 Å². The lowest BCUT2D eigenvalue weighted by Gasteiger charge is -2.29. The zero-order valence-electron chi connectivity index (χ0n) is 16.3. The number of hydrogen-bond donors (Lipinski definition) is 3. The van der Waals surface area contributed by atoms with Crippen LogP contribution in [-0.4, -0.2) is 32.8 Å². The molecule has 3 aromatic rings. The van der Waals surface area contributed by atoms with Gasteiger partial charge < -0.3 is 16.4 Å². The van der Waals surface area contributed by atoms with E-state index >= 15 is 0 Å². The van der Waals surface area contributed by atoms with Crippen LogP contribution >= 0.6 is 11.3 Å². The molecular formula is C21H24N6OS. The highest BCUT2D eigenvalue weighted by Gasteiger charge is 2.23. The van der Waals surface area contributed by atoms with Gasteiger partial charge in [0, 0.05) is 34.9 Å². The number of nitrogens with one attached hydrogen (secondary N) is 2. The summed E-state index contributed by atoms with van der Waals surface area (Å²) >= 11 is 1.57. The standard InChI is InChI=1S/C21H24N6OS/c1-13(28)16-10-23-21(26-18-5-3-2-4-17(18)22)27-20(16)25-15-8-6-14(7-9-15)19-11-29-12-24-19/h6-12,17-18H,2-5,22H2,1H3,(H2,23,25,26,27)/t17-,18+/m0/s1. The topological polar surface area (TPSA) is 106 Å². The molecule has 29 heavy (non-hydrogen) atoms. The van der Waals surface area contributed by atoms with Crippen LogP contribution in [0.1, 0.15) is 43.0 Å². The van der Waals surface area contributed by atoms with Crippen molar-refractivity contribution in [2.24, 2.45) is 5.73 Å². The molecule has 0 saturated heterocycles. The number of benzene rings is 1. The molecule has 0 bridgehead atoms. The van der Waals surface area contributed by atoms with Gasteiger partial charge in [-0.25, -0.2) is 9.97 Å². The monoisotopic (exact) mass is 408 g/mol. The van der Waals surface area contributed by atoms with E-state index in [4.69, 9.17) is 5.73 Å². The lowest BCUT2D eigenvalue weighted by molar-refractivity contribution is 0.101. The molecule has 150 valence electrons. The highest BCUT2D eigenvalue weighted by molar-refractivity contribution is 7.07. The Hall–Kier alpha value is -2.84. The number of rotatable bonds is 6. The van der Waals surface area contributed by atoms with Gasteiger partial charge in [-0.1, -0.05) is 25.0 Å². The van der Waals surface area contributed by atoms with Gasteiger partial charge >= 0.3 is 0 Å². The normalized spacial score (nSPS) is 19.0. The maximum Gasteiger partial charge on any atom is 0.224 e. The first-order valence-corrected chi connectivity index (χ1v) is 10.7. The van der Waals surface area contributed by atoms with Crippen LogP contribution in [0.5, 0.6) is 0 Å². The molecular weight excluding hydrogens is 384 g/mol. The van der Waals surface area contributed by atoms with E-state index in [2.05, 4.69) is 25.6 Å². The third kappa shape index (κ3) is 4.60. The van der Waals surface area contributed by atoms with E-state index in [0.717, 1.165) is 42.6 Å². The Morgan fingerprint density at radius 3 is 2.66 bits per heavy atom. The van der Waals surface area contributed by atoms with Gasteiger partial charge in [-0.15, -0.1) is 11.3 Å². The lowest BCUT2D eigenvalue weighted by Crippen LogP contribution is -2.43. The van der Waals surface area contributed by atoms with Gasteiger partial charge in [0.25, 0.3) is 0 Å². The quantitative estimate of drug-likeness (QED) is 0.524. The van der Waals surface area contributed by atoms with Crippen LogP contribution in [0.15, 0.2) is 41.4 Å². The maximum atomic E-state index is 12.1. The van der Waals surface area contributed by atoms with Crippen LogP contribution in [0.25, 0.3) is 11.3 Å². The van der Waals surface area contributed by atoms with Crippen molar-refractivity contribution in [1.82, 2.24) is 15.0 Å². The van der Waals surface area contributed by atoms with Gasteiger partial charge in [-0.05, 0) is 31.9 Å². The van der Waals surface area contributed by atoms with Crippen LogP contribution < -0.4 is 16.4 Å². The molecule has 0 radical (unpaired) electrons. The Kier molecular flexibility index (Phi) is 5.82. The zero-order chi connectivity index (χ0) is 20.2. The molecule has 0 aliphatic heterocycles. The van der Waals surface area contributed by atoms with E-state index in [9.17, 15) is 4.79 Å². The van der Waals surface area contributed by atoms with Gasteiger partial charge in [0.1, 0.15) is 5.82 Å². The van der Waals surface area contributed by atoms with Crippen molar-refractivity contribution in [3.8, 4) is 11.3 Å². The Morgan fingerprint density at radius 1 is 1.17 bits per heavy atom. The van der Waals surface area contributed by atoms with Gasteiger partial charge in [-0.2, -0.15) is 4.98 Å². The second kappa shape index (κ2) is 8.67. The minimum atomic E-state index is -0.0903. The second-order valence-corrected chi connectivity index (χ2v) is 8.01. The summed E-state index contributed by atoms with van der Waals surface area (Å²) in [6, 6.07) is 8.13. The van der Waals surface area contributed by atoms with Crippen molar-refractivity contribution in [1.29, 1.82) is 0 Å². The van der Waals surface area contributed by atoms with Crippen LogP contribution in [0.3, 0.4) is 0 Å². The molecule has 8 heteroatoms. The Balaban J connectivity index is 1.55. The third-order valence-electron chi connectivity index (χ3n) is 5.18. The van der Waals surface area contributed by atoms with Gasteiger partial charge in [-0.3, -0.25) is 4.79 Å². The van der Waals surface area contributed by atoms with Crippen molar-refractivity contribution in [3.05, 3.63) is 46.9 Å². The number of nitrogens with two attached hydrogens (primary N) is 1. The number of Topliss-reactive ketones (excluding diaryl/α,β-unsaturated/α-hetero) is 1. The van der Waals surface area contributed by atoms with Crippen LogP contribution in [0, 0.1) is 0 Å². The Morgan fingerprint density at radius 2 is 1.97 bits per heavy atom. The molecule has 0 amide bonds. The van der Waals surface area contributed by atoms with Gasteiger partial charge in [0.2, 0.25) is 5.95 Å². The highest BCUT2D eigenvalue weighted by Crippen LogP contribution is 2.25. The van der Waals surface area contributed by atoms with Crippen molar-refractivity contribution in [2.45, 2.75) is 44.7 Å². The smallest absolute Gasteiger partial charge is 0.224 e. The number of aromatic nitrogens is 3. The summed E-state index contributed by atoms with van der Waals surface area (Å²) in [6.45, 7) is 1.51. The molecule has 1 aliphatic carbocycles. The molecule has 4 N–H and O–H groups in total. The maximum absolute atomic E-state index is 12.1. The van der Waals surface area contributed by atoms with E-state index in [1.165, 1.54) is 6.92 Å². The number of ketones is 1. The number of anilines is 3. The third-order valence-corrected chi connectivity index (χ3v) is 5.76. The average molecular weight is 409 g/mol. The molecule has 2 aromatic heterocycles. The number of carbonyl (C=O) groups excluding carboxylic acids is 1. The average Bonchev–Trinajstić information content (AvgIpc) is 3.25. The minimum Gasteiger partial charge on any atom is -0.350 e. The summed E-state index contributed by atoms with van der Waals surface area (Å²) in [7, 11) is 0. The zero-order valence-corrected chi connectivity index (χ0v) is 17.1. The van der Waals surface area contributed by atoms with Gasteiger partial charge in [0.05, 0.1) is 16.8 Å². The van der Waals surface area contributed by atoms with E-state index in [1.807, 2.05) is 35.2 Å². The molecule has 1 aromatic carbocycles. The number of thiazole rings is 1. The van der Waals surface area contributed by atoms with Crippen LogP contribution in [-0.2, 0) is 0 Å². The predicted octanol–water partition coefficient (Wildman–Crippen LogP) is 4.23. The summed E-state index contributed by atoms with van der Waals surface area (Å²) in [5.74, 6) is 0.882. The highest BCUT2D eigenvalue weighted by atomic mass is 32.1. The number of hydrogen-bond acceptors (Lipinski definition) is 8. The van der Waals surface area contributed by atoms with E-state index in [1.54, 1.807) is 17.5 Å². The summed E-state index contributed by atoms with van der Waals surface area (Å²) in [5, 5.41) is 8.61.